The molecule has 2 rings (SSSR count). The van der Waals surface area contributed by atoms with Gasteiger partial charge in [-0.1, -0.05) is 36.8 Å². The maximum absolute atomic E-state index is 3.40. The van der Waals surface area contributed by atoms with E-state index < -0.39 is 0 Å². The lowest BCUT2D eigenvalue weighted by atomic mass is 9.90. The van der Waals surface area contributed by atoms with E-state index in [1.807, 2.05) is 0 Å². The molecule has 0 spiro atoms. The maximum atomic E-state index is 3.40. The smallest absolute Gasteiger partial charge is 0.0205 e. The molecule has 106 valence electrons. The van der Waals surface area contributed by atoms with Crippen molar-refractivity contribution in [3.05, 3.63) is 58.1 Å². The van der Waals surface area contributed by atoms with Crippen molar-refractivity contribution in [3.63, 3.8) is 0 Å². The summed E-state index contributed by atoms with van der Waals surface area (Å²) in [6.45, 7) is 12.9. The average molecular weight is 267 g/mol. The highest BCUT2D eigenvalue weighted by Gasteiger charge is 2.10. The van der Waals surface area contributed by atoms with E-state index in [1.54, 1.807) is 0 Å². The Bertz CT molecular complexity index is 588. The molecule has 0 aliphatic carbocycles. The van der Waals surface area contributed by atoms with Crippen LogP contribution in [0, 0.1) is 27.7 Å². The quantitative estimate of drug-likeness (QED) is 0.847. The van der Waals surface area contributed by atoms with E-state index in [2.05, 4.69) is 70.3 Å². The first kappa shape index (κ1) is 14.8. The summed E-state index contributed by atoms with van der Waals surface area (Å²) in [5, 5.41) is 3.40. The zero-order chi connectivity index (χ0) is 14.7. The molecule has 0 heterocycles. The zero-order valence-electron chi connectivity index (χ0n) is 13.3. The van der Waals surface area contributed by atoms with Gasteiger partial charge < -0.3 is 5.32 Å². The van der Waals surface area contributed by atoms with Crippen LogP contribution >= 0.6 is 0 Å². The second-order valence-electron chi connectivity index (χ2n) is 5.70. The fourth-order valence-corrected chi connectivity index (χ4v) is 2.92. The van der Waals surface area contributed by atoms with E-state index in [9.17, 15) is 0 Å². The molecule has 0 fully saturated rings. The molecule has 2 aromatic carbocycles. The molecule has 0 radical (unpaired) electrons. The first-order valence-corrected chi connectivity index (χ1v) is 7.41. The van der Waals surface area contributed by atoms with E-state index >= 15 is 0 Å². The predicted octanol–water partition coefficient (Wildman–Crippen LogP) is 4.70. The van der Waals surface area contributed by atoms with Gasteiger partial charge in [-0.3, -0.25) is 0 Å². The summed E-state index contributed by atoms with van der Waals surface area (Å²) in [6, 6.07) is 11.3. The molecule has 0 aliphatic heterocycles. The second kappa shape index (κ2) is 6.23. The zero-order valence-corrected chi connectivity index (χ0v) is 13.3. The van der Waals surface area contributed by atoms with Crippen LogP contribution in [-0.2, 0) is 6.54 Å². The minimum absolute atomic E-state index is 0.938. The highest BCUT2D eigenvalue weighted by molar-refractivity contribution is 5.74. The fraction of sp³-hybridized carbons (Fsp3) is 0.368. The van der Waals surface area contributed by atoms with Crippen LogP contribution in [0.5, 0.6) is 0 Å². The SMILES string of the molecule is CCNCc1ccc(C)c(-c2c(C)cc(C)cc2C)c1. The van der Waals surface area contributed by atoms with Crippen LogP contribution in [-0.4, -0.2) is 6.54 Å². The number of hydrogen-bond acceptors (Lipinski definition) is 1. The van der Waals surface area contributed by atoms with Gasteiger partial charge in [0.1, 0.15) is 0 Å². The van der Waals surface area contributed by atoms with Crippen molar-refractivity contribution in [1.29, 1.82) is 0 Å². The van der Waals surface area contributed by atoms with Gasteiger partial charge in [-0.25, -0.2) is 0 Å². The molecule has 0 aromatic heterocycles. The van der Waals surface area contributed by atoms with E-state index in [1.165, 1.54) is 38.9 Å². The summed E-state index contributed by atoms with van der Waals surface area (Å²) in [5.74, 6) is 0. The molecule has 0 saturated carbocycles. The number of aryl methyl sites for hydroxylation is 4. The van der Waals surface area contributed by atoms with Crippen molar-refractivity contribution < 1.29 is 0 Å². The summed E-state index contributed by atoms with van der Waals surface area (Å²) in [6.07, 6.45) is 0. The molecular weight excluding hydrogens is 242 g/mol. The number of rotatable bonds is 4. The van der Waals surface area contributed by atoms with Crippen molar-refractivity contribution in [1.82, 2.24) is 5.32 Å². The van der Waals surface area contributed by atoms with Gasteiger partial charge in [0, 0.05) is 6.54 Å². The normalized spacial score (nSPS) is 10.8. The minimum Gasteiger partial charge on any atom is -0.313 e. The van der Waals surface area contributed by atoms with E-state index in [0.29, 0.717) is 0 Å². The van der Waals surface area contributed by atoms with Gasteiger partial charge in [0.05, 0.1) is 0 Å². The van der Waals surface area contributed by atoms with Crippen molar-refractivity contribution >= 4 is 0 Å². The Balaban J connectivity index is 2.51. The molecule has 0 aliphatic rings. The maximum Gasteiger partial charge on any atom is 0.0205 e. The Morgan fingerprint density at radius 2 is 1.50 bits per heavy atom. The third kappa shape index (κ3) is 3.10. The minimum atomic E-state index is 0.938. The average Bonchev–Trinajstić information content (AvgIpc) is 2.38. The van der Waals surface area contributed by atoms with Crippen LogP contribution < -0.4 is 5.32 Å². The Hall–Kier alpha value is -1.60. The van der Waals surface area contributed by atoms with Gasteiger partial charge in [-0.2, -0.15) is 0 Å². The first-order chi connectivity index (χ1) is 9.52. The predicted molar refractivity (Wildman–Crippen MR) is 88.2 cm³/mol. The molecule has 0 bridgehead atoms. The third-order valence-corrected chi connectivity index (χ3v) is 3.83. The molecule has 1 N–H and O–H groups in total. The van der Waals surface area contributed by atoms with Crippen molar-refractivity contribution in [2.75, 3.05) is 6.54 Å². The van der Waals surface area contributed by atoms with Crippen LogP contribution in [0.1, 0.15) is 34.7 Å². The Labute approximate surface area is 123 Å². The third-order valence-electron chi connectivity index (χ3n) is 3.83. The molecule has 1 nitrogen and oxygen atoms in total. The Kier molecular flexibility index (Phi) is 4.61. The highest BCUT2D eigenvalue weighted by atomic mass is 14.8. The van der Waals surface area contributed by atoms with Gasteiger partial charge in [0.2, 0.25) is 0 Å². The van der Waals surface area contributed by atoms with Crippen LogP contribution in [0.2, 0.25) is 0 Å². The molecule has 0 saturated heterocycles. The van der Waals surface area contributed by atoms with Crippen molar-refractivity contribution in [2.24, 2.45) is 0 Å². The number of benzene rings is 2. The van der Waals surface area contributed by atoms with Crippen LogP contribution in [0.4, 0.5) is 0 Å². The molecule has 2 aromatic rings. The topological polar surface area (TPSA) is 12.0 Å². The van der Waals surface area contributed by atoms with Crippen LogP contribution in [0.15, 0.2) is 30.3 Å². The van der Waals surface area contributed by atoms with E-state index in [-0.39, 0.29) is 0 Å². The van der Waals surface area contributed by atoms with Gasteiger partial charge >= 0.3 is 0 Å². The number of hydrogen-bond donors (Lipinski definition) is 1. The van der Waals surface area contributed by atoms with Crippen LogP contribution in [0.3, 0.4) is 0 Å². The summed E-state index contributed by atoms with van der Waals surface area (Å²) in [4.78, 5) is 0. The van der Waals surface area contributed by atoms with E-state index in [0.717, 1.165) is 13.1 Å². The second-order valence-corrected chi connectivity index (χ2v) is 5.70. The Morgan fingerprint density at radius 1 is 0.850 bits per heavy atom. The molecular formula is C19H25N. The molecule has 0 atom stereocenters. The lowest BCUT2D eigenvalue weighted by molar-refractivity contribution is 0.727. The number of nitrogens with one attached hydrogen (secondary N) is 1. The fourth-order valence-electron chi connectivity index (χ4n) is 2.92. The van der Waals surface area contributed by atoms with Gasteiger partial charge in [0.15, 0.2) is 0 Å². The molecule has 1 heteroatoms. The molecule has 0 amide bonds. The van der Waals surface area contributed by atoms with Crippen molar-refractivity contribution in [2.45, 2.75) is 41.2 Å². The van der Waals surface area contributed by atoms with E-state index in [4.69, 9.17) is 0 Å². The summed E-state index contributed by atoms with van der Waals surface area (Å²) < 4.78 is 0. The van der Waals surface area contributed by atoms with Crippen LogP contribution in [0.25, 0.3) is 11.1 Å². The van der Waals surface area contributed by atoms with Crippen molar-refractivity contribution in [3.8, 4) is 11.1 Å². The Morgan fingerprint density at radius 3 is 2.10 bits per heavy atom. The highest BCUT2D eigenvalue weighted by Crippen LogP contribution is 2.31. The standard InChI is InChI=1S/C19H25N/c1-6-20-12-17-8-7-14(3)18(11-17)19-15(4)9-13(2)10-16(19)5/h7-11,20H,6,12H2,1-5H3. The molecule has 0 unspecified atom stereocenters. The van der Waals surface area contributed by atoms with Gasteiger partial charge in [0.25, 0.3) is 0 Å². The molecule has 20 heavy (non-hydrogen) atoms. The monoisotopic (exact) mass is 267 g/mol. The lowest BCUT2D eigenvalue weighted by Gasteiger charge is -2.15. The first-order valence-electron chi connectivity index (χ1n) is 7.41. The summed E-state index contributed by atoms with van der Waals surface area (Å²) >= 11 is 0. The van der Waals surface area contributed by atoms with Gasteiger partial charge in [-0.05, 0) is 73.7 Å². The lowest BCUT2D eigenvalue weighted by Crippen LogP contribution is -2.11. The summed E-state index contributed by atoms with van der Waals surface area (Å²) in [5.41, 5.74) is 9.54. The van der Waals surface area contributed by atoms with Gasteiger partial charge in [-0.15, -0.1) is 0 Å². The summed E-state index contributed by atoms with van der Waals surface area (Å²) in [7, 11) is 0. The largest absolute Gasteiger partial charge is 0.313 e.